The van der Waals surface area contributed by atoms with E-state index in [9.17, 15) is 24.0 Å². The van der Waals surface area contributed by atoms with E-state index in [4.69, 9.17) is 86.1 Å². The van der Waals surface area contributed by atoms with Crippen molar-refractivity contribution in [2.45, 2.75) is 54.3 Å². The van der Waals surface area contributed by atoms with Gasteiger partial charge in [0.2, 0.25) is 16.8 Å². The normalized spacial score (nSPS) is 10.6. The van der Waals surface area contributed by atoms with Gasteiger partial charge in [-0.3, -0.25) is 24.0 Å². The second-order valence-corrected chi connectivity index (χ2v) is 35.8. The average molecular weight is 1470 g/mol. The van der Waals surface area contributed by atoms with Gasteiger partial charge in [-0.15, -0.1) is 34.0 Å². The van der Waals surface area contributed by atoms with E-state index in [0.717, 1.165) is 80.9 Å². The number of hydrogen-bond acceptors (Lipinski definition) is 11. The van der Waals surface area contributed by atoms with Gasteiger partial charge in [0.05, 0.1) is 34.5 Å². The highest BCUT2D eigenvalue weighted by molar-refractivity contribution is 7.54. The van der Waals surface area contributed by atoms with E-state index in [1.54, 1.807) is 19.1 Å². The molecule has 0 spiro atoms. The van der Waals surface area contributed by atoms with E-state index in [1.807, 2.05) is 116 Å². The maximum Gasteiger partial charge on any atom is 0.643 e. The SMILES string of the molecule is CC(=O)Cl.CCOCCn1c2ccc(C(C)=O)cc2c2cc(C(=O)c3cccs3)ccc21.CCOCCn1c2ccccc2c2cc(C(=O)c3cccs3)ccc21.CCOCCn1c2ccccc2c2ccccc21.O=C(Cl)c1cccs1.[Cl][Al]([Cl])[Cl].[Cl][Al]([Cl])[Cl]. The number of nitrogens with zero attached hydrogens (tertiary/aromatic N) is 3. The number of carbonyl (C=O) groups is 5. The first-order valence-electron chi connectivity index (χ1n) is 28.5. The summed E-state index contributed by atoms with van der Waals surface area (Å²) in [6.07, 6.45) is 0. The summed E-state index contributed by atoms with van der Waals surface area (Å²) in [6.45, 7) is 15.5. The molecule has 0 bridgehead atoms. The summed E-state index contributed by atoms with van der Waals surface area (Å²) in [5, 5.41) is 11.8. The van der Waals surface area contributed by atoms with Crippen molar-refractivity contribution in [3.63, 3.8) is 0 Å². The molecule has 474 valence electrons. The van der Waals surface area contributed by atoms with Gasteiger partial charge >= 0.3 is 22.8 Å². The van der Waals surface area contributed by atoms with Gasteiger partial charge in [-0.2, -0.15) is 0 Å². The predicted octanol–water partition coefficient (Wildman–Crippen LogP) is 20.6. The maximum atomic E-state index is 12.8. The second-order valence-electron chi connectivity index (χ2n) is 19.2. The average Bonchev–Trinajstić information content (AvgIpc) is 1.65. The van der Waals surface area contributed by atoms with Crippen LogP contribution in [0.4, 0.5) is 0 Å². The Morgan fingerprint density at radius 3 is 0.945 bits per heavy atom. The minimum absolute atomic E-state index is 0.0230. The van der Waals surface area contributed by atoms with Crippen molar-refractivity contribution in [1.82, 2.24) is 13.7 Å². The van der Waals surface area contributed by atoms with Crippen LogP contribution >= 0.6 is 118 Å². The highest BCUT2D eigenvalue weighted by Crippen LogP contribution is 2.34. The first-order valence-corrected chi connectivity index (χ1v) is 42.4. The van der Waals surface area contributed by atoms with Crippen LogP contribution in [0.1, 0.15) is 85.1 Å². The van der Waals surface area contributed by atoms with E-state index >= 15 is 0 Å². The Kier molecular flexibility index (Phi) is 32.6. The predicted molar refractivity (Wildman–Crippen MR) is 391 cm³/mol. The summed E-state index contributed by atoms with van der Waals surface area (Å²) in [5.74, 6) is 0.140. The fraction of sp³-hybridized carbons (Fsp3) is 0.209. The summed E-state index contributed by atoms with van der Waals surface area (Å²) in [4.78, 5) is 59.0. The third kappa shape index (κ3) is 22.3. The molecule has 0 saturated heterocycles. The van der Waals surface area contributed by atoms with Gasteiger partial charge in [0.25, 0.3) is 5.24 Å². The summed E-state index contributed by atoms with van der Waals surface area (Å²) < 4.78 is 23.4. The number of ketones is 3. The van der Waals surface area contributed by atoms with Gasteiger partial charge in [0.15, 0.2) is 5.78 Å². The van der Waals surface area contributed by atoms with E-state index in [1.165, 1.54) is 73.6 Å². The molecule has 12 rings (SSSR count). The molecule has 0 amide bonds. The molecule has 0 unspecified atom stereocenters. The number of hydrogen-bond donors (Lipinski definition) is 0. The lowest BCUT2D eigenvalue weighted by Gasteiger charge is -2.08. The molecule has 11 nitrogen and oxygen atoms in total. The van der Waals surface area contributed by atoms with Gasteiger partial charge in [-0.25, -0.2) is 60.3 Å². The first kappa shape index (κ1) is 75.5. The third-order valence-corrected chi connectivity index (χ3v) is 16.4. The van der Waals surface area contributed by atoms with Crippen LogP contribution in [0.3, 0.4) is 0 Å². The molecule has 6 aromatic carbocycles. The molecule has 0 aliphatic rings. The van der Waals surface area contributed by atoms with Gasteiger partial charge < -0.3 is 27.9 Å². The van der Waals surface area contributed by atoms with Crippen molar-refractivity contribution in [1.29, 1.82) is 0 Å². The Bertz CT molecular complexity index is 4220. The molecule has 12 aromatic rings. The number of carbonyl (C=O) groups excluding carboxylic acids is 5. The summed E-state index contributed by atoms with van der Waals surface area (Å²) in [6, 6.07) is 54.1. The molecule has 6 aromatic heterocycles. The minimum Gasteiger partial charge on any atom is -0.380 e. The van der Waals surface area contributed by atoms with E-state index in [-0.39, 0.29) is 27.8 Å². The molecular weight excluding hydrogens is 1410 g/mol. The molecule has 91 heavy (non-hydrogen) atoms. The van der Waals surface area contributed by atoms with Crippen molar-refractivity contribution >= 4 is 234 Å². The van der Waals surface area contributed by atoms with Crippen LogP contribution in [0.25, 0.3) is 65.4 Å². The number of Topliss-reactive ketones (excluding diaryl/α,β-unsaturated/α-hetero) is 1. The number of halogens is 8. The monoisotopic (exact) mass is 1470 g/mol. The lowest BCUT2D eigenvalue weighted by Crippen LogP contribution is -2.06. The van der Waals surface area contributed by atoms with Crippen molar-refractivity contribution in [2.24, 2.45) is 0 Å². The number of fused-ring (bicyclic) bond motifs is 9. The molecule has 0 N–H and O–H groups in total. The van der Waals surface area contributed by atoms with Crippen LogP contribution in [-0.4, -0.2) is 104 Å². The highest BCUT2D eigenvalue weighted by atomic mass is 35.8. The standard InChI is InChI=1S/C23H21NO3S.C21H19NO2S.C16H17NO.C5H3ClOS.C2H3ClO.2Al.6ClH/c1-3-27-11-10-24-20-8-6-16(15(2)25)13-18(20)19-14-17(7-9-21(19)24)23(26)22-5-4-12-28-22;1-2-24-12-11-22-18-7-4-3-6-16(18)17-14-15(9-10-19(17)22)21(23)20-8-5-13-25-20;1-2-18-12-11-17-15-9-5-3-7-13(15)14-8-4-6-10-16(14)17;6-5(7)4-2-1-3-8-4;1-2(3)4;;;;;;;;/h4-9,12-14H,3,10-11H2,1-2H3;3-10,13-14H,2,11-12H2,1H3;3-10H,2,11-12H2,1H3;1-3H;1H3;;;6*1H/q;;;;;2*+3;;;;;;/p-6. The Labute approximate surface area is 584 Å². The zero-order valence-corrected chi connectivity index (χ0v) is 61.0. The second kappa shape index (κ2) is 39.3. The molecule has 0 atom stereocenters. The number of ether oxygens (including phenoxy) is 3. The van der Waals surface area contributed by atoms with Crippen LogP contribution < -0.4 is 0 Å². The largest absolute Gasteiger partial charge is 0.643 e. The number of para-hydroxylation sites is 3. The molecule has 6 heterocycles. The fourth-order valence-electron chi connectivity index (χ4n) is 9.78. The van der Waals surface area contributed by atoms with Gasteiger partial charge in [-0.05, 0) is 158 Å². The minimum atomic E-state index is -1.72. The van der Waals surface area contributed by atoms with Crippen molar-refractivity contribution < 1.29 is 38.2 Å². The van der Waals surface area contributed by atoms with E-state index < -0.39 is 22.8 Å². The lowest BCUT2D eigenvalue weighted by molar-refractivity contribution is -0.109. The van der Waals surface area contributed by atoms with Crippen LogP contribution in [0, 0.1) is 0 Å². The van der Waals surface area contributed by atoms with E-state index in [0.29, 0.717) is 42.4 Å². The van der Waals surface area contributed by atoms with Crippen LogP contribution in [-0.2, 0) is 38.6 Å². The zero-order valence-electron chi connectivity index (χ0n) is 50.2. The topological polar surface area (TPSA) is 128 Å². The van der Waals surface area contributed by atoms with Crippen molar-refractivity contribution in [3.8, 4) is 0 Å². The van der Waals surface area contributed by atoms with Gasteiger partial charge in [0, 0.05) is 128 Å². The molecular formula is C67H63Al2Cl8N3O8S3. The van der Waals surface area contributed by atoms with E-state index in [2.05, 4.69) is 98.1 Å². The van der Waals surface area contributed by atoms with Crippen LogP contribution in [0.5, 0.6) is 0 Å². The lowest BCUT2D eigenvalue weighted by atomic mass is 10.0. The van der Waals surface area contributed by atoms with Crippen LogP contribution in [0.15, 0.2) is 180 Å². The van der Waals surface area contributed by atoms with Gasteiger partial charge in [-0.1, -0.05) is 72.8 Å². The highest BCUT2D eigenvalue weighted by Gasteiger charge is 2.18. The smallest absolute Gasteiger partial charge is 0.380 e. The van der Waals surface area contributed by atoms with Crippen LogP contribution in [0.2, 0.25) is 0 Å². The summed E-state index contributed by atoms with van der Waals surface area (Å²) >= 11 is 10.6. The molecule has 0 saturated carbocycles. The summed E-state index contributed by atoms with van der Waals surface area (Å²) in [5.41, 5.74) is 9.05. The Balaban J connectivity index is 0.000000191. The molecule has 0 radical (unpaired) electrons. The Hall–Kier alpha value is -4.57. The number of rotatable bonds is 18. The van der Waals surface area contributed by atoms with Crippen molar-refractivity contribution in [2.75, 3.05) is 39.6 Å². The Morgan fingerprint density at radius 2 is 0.659 bits per heavy atom. The quantitative estimate of drug-likeness (QED) is 0.0360. The summed E-state index contributed by atoms with van der Waals surface area (Å²) in [7, 11) is 29.7. The Morgan fingerprint density at radius 1 is 0.385 bits per heavy atom. The molecule has 0 aliphatic heterocycles. The van der Waals surface area contributed by atoms with Gasteiger partial charge in [0.1, 0.15) is 0 Å². The molecule has 0 aliphatic carbocycles. The fourth-order valence-corrected chi connectivity index (χ4v) is 11.9. The third-order valence-electron chi connectivity index (χ3n) is 13.4. The number of thiophene rings is 3. The molecule has 24 heteroatoms. The van der Waals surface area contributed by atoms with Crippen molar-refractivity contribution in [3.05, 3.63) is 211 Å². The molecule has 0 fully saturated rings. The number of aromatic nitrogens is 3. The maximum absolute atomic E-state index is 12.8. The zero-order chi connectivity index (χ0) is 66.0. The first-order chi connectivity index (χ1) is 43.8. The number of benzene rings is 6.